The minimum Gasteiger partial charge on any atom is -0.480 e. The van der Waals surface area contributed by atoms with E-state index in [4.69, 9.17) is 8.85 Å². The molecule has 1 rings (SSSR count). The predicted octanol–water partition coefficient (Wildman–Crippen LogP) is 2.14. The molecule has 0 aliphatic rings. The van der Waals surface area contributed by atoms with Crippen molar-refractivity contribution >= 4 is 12.1 Å². The van der Waals surface area contributed by atoms with Gasteiger partial charge in [-0.3, -0.25) is 4.90 Å². The lowest BCUT2D eigenvalue weighted by molar-refractivity contribution is -0.142. The summed E-state index contributed by atoms with van der Waals surface area (Å²) in [4.78, 5) is 23.8. The molecule has 9 heteroatoms. The molecule has 0 aliphatic heterocycles. The Bertz CT molecular complexity index is 629. The number of alkyl halides is 2. The third-order valence-corrected chi connectivity index (χ3v) is 2.47. The number of halogens is 2. The number of hydrogen-bond acceptors (Lipinski definition) is 4. The molecule has 1 amide bonds. The second-order valence-electron chi connectivity index (χ2n) is 5.51. The van der Waals surface area contributed by atoms with Crippen molar-refractivity contribution in [2.75, 3.05) is 6.98 Å². The number of ether oxygens (including phenoxy) is 1. The summed E-state index contributed by atoms with van der Waals surface area (Å²) in [5.74, 6) is -1.62. The summed E-state index contributed by atoms with van der Waals surface area (Å²) in [5, 5.41) is 12.7. The molecule has 7 nitrogen and oxygen atoms in total. The fourth-order valence-electron chi connectivity index (χ4n) is 1.54. The SMILES string of the molecule is [2H]C([2H])([2H])N(C(=O)OC(C)(C)C)[C@H](Cc1cnn(C(F)F)c1)C(=O)O. The summed E-state index contributed by atoms with van der Waals surface area (Å²) in [6.07, 6.45) is -0.0109. The zero-order valence-electron chi connectivity index (χ0n) is 15.3. The van der Waals surface area contributed by atoms with E-state index in [0.29, 0.717) is 4.68 Å². The lowest BCUT2D eigenvalue weighted by Crippen LogP contribution is -2.46. The van der Waals surface area contributed by atoms with Crippen LogP contribution in [0.25, 0.3) is 0 Å². The van der Waals surface area contributed by atoms with Gasteiger partial charge in [0, 0.05) is 23.7 Å². The first-order chi connectivity index (χ1) is 11.2. The van der Waals surface area contributed by atoms with Crippen LogP contribution in [-0.2, 0) is 16.0 Å². The van der Waals surface area contributed by atoms with Crippen LogP contribution in [0.1, 0.15) is 37.0 Å². The van der Waals surface area contributed by atoms with Gasteiger partial charge in [0.1, 0.15) is 11.6 Å². The Labute approximate surface area is 130 Å². The quantitative estimate of drug-likeness (QED) is 0.898. The Morgan fingerprint density at radius 2 is 2.18 bits per heavy atom. The maximum atomic E-state index is 12.5. The molecule has 0 saturated carbocycles. The van der Waals surface area contributed by atoms with E-state index in [1.807, 2.05) is 0 Å². The van der Waals surface area contributed by atoms with Crippen LogP contribution in [0.2, 0.25) is 0 Å². The Balaban J connectivity index is 3.15. The molecule has 0 unspecified atom stereocenters. The Morgan fingerprint density at radius 3 is 2.59 bits per heavy atom. The average molecular weight is 322 g/mol. The summed E-state index contributed by atoms with van der Waals surface area (Å²) in [6, 6.07) is -1.85. The summed E-state index contributed by atoms with van der Waals surface area (Å²) < 4.78 is 52.7. The van der Waals surface area contributed by atoms with E-state index >= 15 is 0 Å². The Morgan fingerprint density at radius 1 is 1.55 bits per heavy atom. The van der Waals surface area contributed by atoms with Gasteiger partial charge in [-0.1, -0.05) is 0 Å². The Hall–Kier alpha value is -2.19. The minimum atomic E-state index is -3.11. The monoisotopic (exact) mass is 322 g/mol. The van der Waals surface area contributed by atoms with Gasteiger partial charge in [0.05, 0.1) is 6.20 Å². The number of hydrogen-bond donors (Lipinski definition) is 1. The minimum absolute atomic E-state index is 0.0329. The van der Waals surface area contributed by atoms with E-state index in [2.05, 4.69) is 5.10 Å². The summed E-state index contributed by atoms with van der Waals surface area (Å²) in [6.45, 7) is -1.56. The van der Waals surface area contributed by atoms with Gasteiger partial charge in [0.25, 0.3) is 0 Å². The number of aliphatic carboxylic acids is 1. The van der Waals surface area contributed by atoms with Crippen molar-refractivity contribution < 1.29 is 32.3 Å². The van der Waals surface area contributed by atoms with Crippen LogP contribution in [0, 0.1) is 0 Å². The molecule has 124 valence electrons. The molecule has 1 aromatic rings. The highest BCUT2D eigenvalue weighted by atomic mass is 19.3. The van der Waals surface area contributed by atoms with E-state index in [-0.39, 0.29) is 10.5 Å². The van der Waals surface area contributed by atoms with Crippen LogP contribution in [0.5, 0.6) is 0 Å². The number of rotatable bonds is 5. The van der Waals surface area contributed by atoms with Crippen molar-refractivity contribution in [3.05, 3.63) is 18.0 Å². The molecule has 1 aromatic heterocycles. The number of aromatic nitrogens is 2. The highest BCUT2D eigenvalue weighted by molar-refractivity contribution is 5.80. The van der Waals surface area contributed by atoms with Crippen molar-refractivity contribution in [1.29, 1.82) is 0 Å². The molecular weight excluding hydrogens is 300 g/mol. The fraction of sp³-hybridized carbons (Fsp3) is 0.615. The van der Waals surface area contributed by atoms with Crippen molar-refractivity contribution in [1.82, 2.24) is 14.7 Å². The molecule has 0 aromatic carbocycles. The molecule has 1 heterocycles. The molecule has 0 saturated heterocycles. The first kappa shape index (κ1) is 13.5. The van der Waals surface area contributed by atoms with Crippen molar-refractivity contribution in [2.45, 2.75) is 45.4 Å². The zero-order chi connectivity index (χ0) is 19.6. The molecule has 1 N–H and O–H groups in total. The number of carboxylic acids is 1. The highest BCUT2D eigenvalue weighted by Crippen LogP contribution is 2.15. The van der Waals surface area contributed by atoms with Crippen LogP contribution >= 0.6 is 0 Å². The van der Waals surface area contributed by atoms with E-state index in [9.17, 15) is 23.5 Å². The number of carbonyl (C=O) groups is 2. The molecule has 1 atom stereocenters. The molecule has 0 fully saturated rings. The fourth-order valence-corrected chi connectivity index (χ4v) is 1.54. The predicted molar refractivity (Wildman–Crippen MR) is 72.6 cm³/mol. The lowest BCUT2D eigenvalue weighted by Gasteiger charge is -2.28. The van der Waals surface area contributed by atoms with Gasteiger partial charge in [-0.15, -0.1) is 0 Å². The van der Waals surface area contributed by atoms with E-state index in [1.54, 1.807) is 0 Å². The van der Waals surface area contributed by atoms with Crippen molar-refractivity contribution in [3.63, 3.8) is 0 Å². The normalized spacial score (nSPS) is 15.6. The zero-order valence-corrected chi connectivity index (χ0v) is 12.3. The second-order valence-corrected chi connectivity index (χ2v) is 5.51. The molecule has 0 radical (unpaired) electrons. The first-order valence-electron chi connectivity index (χ1n) is 7.78. The van der Waals surface area contributed by atoms with Crippen LogP contribution in [0.15, 0.2) is 12.4 Å². The first-order valence-corrected chi connectivity index (χ1v) is 6.28. The van der Waals surface area contributed by atoms with Crippen molar-refractivity contribution in [2.24, 2.45) is 0 Å². The van der Waals surface area contributed by atoms with Gasteiger partial charge < -0.3 is 9.84 Å². The standard InChI is InChI=1S/C13H19F2N3O4/c1-13(2,3)22-12(21)17(4)9(10(19)20)5-8-6-16-18(7-8)11(14)15/h6-7,9,11H,5H2,1-4H3,(H,19,20)/t9-/m1/s1/i4D3. The van der Waals surface area contributed by atoms with Crippen LogP contribution < -0.4 is 0 Å². The van der Waals surface area contributed by atoms with Crippen LogP contribution in [0.3, 0.4) is 0 Å². The molecule has 0 bridgehead atoms. The number of likely N-dealkylation sites (N-methyl/N-ethyl adjacent to an activating group) is 1. The number of nitrogens with zero attached hydrogens (tertiary/aromatic N) is 3. The van der Waals surface area contributed by atoms with Gasteiger partial charge in [0.2, 0.25) is 0 Å². The summed E-state index contributed by atoms with van der Waals surface area (Å²) in [7, 11) is 0. The van der Waals surface area contributed by atoms with E-state index in [0.717, 1.165) is 12.4 Å². The molecule has 22 heavy (non-hydrogen) atoms. The van der Waals surface area contributed by atoms with Crippen LogP contribution in [0.4, 0.5) is 13.6 Å². The van der Waals surface area contributed by atoms with Crippen molar-refractivity contribution in [3.8, 4) is 0 Å². The van der Waals surface area contributed by atoms with E-state index in [1.165, 1.54) is 20.8 Å². The van der Waals surface area contributed by atoms with Crippen LogP contribution in [-0.4, -0.2) is 50.5 Å². The lowest BCUT2D eigenvalue weighted by atomic mass is 10.1. The van der Waals surface area contributed by atoms with E-state index < -0.39 is 43.7 Å². The third kappa shape index (κ3) is 4.97. The third-order valence-electron chi connectivity index (χ3n) is 2.47. The highest BCUT2D eigenvalue weighted by Gasteiger charge is 2.30. The van der Waals surface area contributed by atoms with Gasteiger partial charge in [-0.2, -0.15) is 13.9 Å². The summed E-state index contributed by atoms with van der Waals surface area (Å²) >= 11 is 0. The molecule has 0 spiro atoms. The molecule has 0 aliphatic carbocycles. The van der Waals surface area contributed by atoms with Gasteiger partial charge in [-0.25, -0.2) is 14.3 Å². The number of carboxylic acid groups (broad SMARTS) is 1. The van der Waals surface area contributed by atoms with Gasteiger partial charge in [-0.05, 0) is 26.3 Å². The average Bonchev–Trinajstić information content (AvgIpc) is 2.82. The largest absolute Gasteiger partial charge is 0.480 e. The number of amides is 1. The maximum absolute atomic E-state index is 12.5. The Kier molecular flexibility index (Phi) is 4.11. The number of carbonyl (C=O) groups excluding carboxylic acids is 1. The smallest absolute Gasteiger partial charge is 0.410 e. The maximum Gasteiger partial charge on any atom is 0.410 e. The topological polar surface area (TPSA) is 84.7 Å². The summed E-state index contributed by atoms with van der Waals surface area (Å²) in [5.41, 5.74) is -1.02. The molecular formula is C13H19F2N3O4. The second kappa shape index (κ2) is 6.71. The van der Waals surface area contributed by atoms with Gasteiger partial charge in [0.15, 0.2) is 0 Å². The van der Waals surface area contributed by atoms with Gasteiger partial charge >= 0.3 is 18.6 Å².